The van der Waals surface area contributed by atoms with Gasteiger partial charge in [0.1, 0.15) is 22.9 Å². The second kappa shape index (κ2) is 10.5. The van der Waals surface area contributed by atoms with Crippen molar-refractivity contribution in [3.05, 3.63) is 93.2 Å². The van der Waals surface area contributed by atoms with Gasteiger partial charge in [-0.3, -0.25) is 0 Å². The van der Waals surface area contributed by atoms with Crippen molar-refractivity contribution in [3.8, 4) is 17.6 Å². The van der Waals surface area contributed by atoms with Crippen LogP contribution in [0.3, 0.4) is 0 Å². The van der Waals surface area contributed by atoms with E-state index in [0.29, 0.717) is 41.8 Å². The van der Waals surface area contributed by atoms with Gasteiger partial charge in [-0.25, -0.2) is 26.9 Å². The molecule has 4 nitrogen and oxygen atoms in total. The van der Waals surface area contributed by atoms with E-state index in [1.54, 1.807) is 12.1 Å². The van der Waals surface area contributed by atoms with Gasteiger partial charge in [-0.1, -0.05) is 18.9 Å². The molecule has 3 aromatic carbocycles. The predicted molar refractivity (Wildman–Crippen MR) is 127 cm³/mol. The van der Waals surface area contributed by atoms with Gasteiger partial charge in [0.15, 0.2) is 28.7 Å². The second-order valence-electron chi connectivity index (χ2n) is 8.73. The normalized spacial score (nSPS) is 17.6. The zero-order chi connectivity index (χ0) is 27.9. The maximum absolute atomic E-state index is 14.6. The van der Waals surface area contributed by atoms with E-state index in [1.807, 2.05) is 13.0 Å². The van der Waals surface area contributed by atoms with Crippen molar-refractivity contribution >= 4 is 21.6 Å². The minimum absolute atomic E-state index is 0.124. The molecule has 1 fully saturated rings. The summed E-state index contributed by atoms with van der Waals surface area (Å²) in [7, 11) is 0. The van der Waals surface area contributed by atoms with Crippen molar-refractivity contribution in [2.45, 2.75) is 19.3 Å². The molecule has 0 N–H and O–H groups in total. The molecule has 0 saturated carbocycles. The molecule has 0 bridgehead atoms. The second-order valence-corrected chi connectivity index (χ2v) is 9.77. The van der Waals surface area contributed by atoms with E-state index < -0.39 is 52.8 Å². The minimum atomic E-state index is -4.69. The van der Waals surface area contributed by atoms with Crippen molar-refractivity contribution in [1.82, 2.24) is 4.98 Å². The molecule has 1 aliphatic rings. The number of nitrogens with zero attached hydrogens (tertiary/aromatic N) is 1. The molecular weight excluding hydrogens is 551 g/mol. The molecular formula is C27H16F7NO3S. The van der Waals surface area contributed by atoms with Crippen LogP contribution in [0.15, 0.2) is 42.5 Å². The van der Waals surface area contributed by atoms with Crippen LogP contribution in [0.5, 0.6) is 5.75 Å². The number of aromatic nitrogens is 1. The van der Waals surface area contributed by atoms with E-state index in [0.717, 1.165) is 10.3 Å². The fourth-order valence-corrected chi connectivity index (χ4v) is 4.64. The lowest BCUT2D eigenvalue weighted by Crippen LogP contribution is -2.25. The van der Waals surface area contributed by atoms with Gasteiger partial charge in [0.2, 0.25) is 0 Å². The predicted octanol–water partition coefficient (Wildman–Crippen LogP) is 7.20. The van der Waals surface area contributed by atoms with E-state index in [9.17, 15) is 30.7 Å². The van der Waals surface area contributed by atoms with Gasteiger partial charge in [-0.15, -0.1) is 11.3 Å². The molecule has 0 amide bonds. The van der Waals surface area contributed by atoms with Crippen LogP contribution in [0.4, 0.5) is 30.7 Å². The summed E-state index contributed by atoms with van der Waals surface area (Å²) >= 11 is 1.20. The first-order valence-electron chi connectivity index (χ1n) is 11.4. The average molecular weight is 567 g/mol. The van der Waals surface area contributed by atoms with Crippen molar-refractivity contribution < 1.29 is 44.9 Å². The monoisotopic (exact) mass is 567 g/mol. The number of fused-ring (bicyclic) bond motifs is 1. The lowest BCUT2D eigenvalue weighted by molar-refractivity contribution is -0.202. The fourth-order valence-electron chi connectivity index (χ4n) is 3.77. The summed E-state index contributed by atoms with van der Waals surface area (Å²) in [5.74, 6) is -4.74. The van der Waals surface area contributed by atoms with E-state index >= 15 is 0 Å². The van der Waals surface area contributed by atoms with Crippen molar-refractivity contribution in [2.75, 3.05) is 13.2 Å². The molecule has 1 aliphatic heterocycles. The highest BCUT2D eigenvalue weighted by molar-refractivity contribution is 7.19. The average Bonchev–Trinajstić information content (AvgIpc) is 3.28. The highest BCUT2D eigenvalue weighted by Gasteiger charge is 2.41. The van der Waals surface area contributed by atoms with Gasteiger partial charge >= 0.3 is 6.11 Å². The lowest BCUT2D eigenvalue weighted by atomic mass is 10.1. The van der Waals surface area contributed by atoms with Gasteiger partial charge in [-0.2, -0.15) is 8.78 Å². The molecule has 1 aromatic heterocycles. The Hall–Kier alpha value is -3.66. The SMILES string of the molecule is CC1COC(c2ccc3nc(C#Cc4cc(F)c(C(F)(F)Oc5cc(F)c(F)c(F)c5)c(F)c4)sc3c2)OC1. The van der Waals surface area contributed by atoms with Gasteiger partial charge in [-0.05, 0) is 30.2 Å². The van der Waals surface area contributed by atoms with Crippen LogP contribution >= 0.6 is 11.3 Å². The molecule has 1 saturated heterocycles. The van der Waals surface area contributed by atoms with E-state index in [-0.39, 0.29) is 17.7 Å². The Morgan fingerprint density at radius 2 is 1.54 bits per heavy atom. The number of hydrogen-bond acceptors (Lipinski definition) is 5. The van der Waals surface area contributed by atoms with Crippen LogP contribution in [0, 0.1) is 46.8 Å². The lowest BCUT2D eigenvalue weighted by Gasteiger charge is -2.27. The third-order valence-electron chi connectivity index (χ3n) is 5.60. The highest BCUT2D eigenvalue weighted by atomic mass is 32.1. The minimum Gasteiger partial charge on any atom is -0.429 e. The number of halogens is 7. The molecule has 12 heteroatoms. The quantitative estimate of drug-likeness (QED) is 0.149. The van der Waals surface area contributed by atoms with Crippen LogP contribution in [0.2, 0.25) is 0 Å². The number of benzene rings is 3. The van der Waals surface area contributed by atoms with Crippen LogP contribution in [-0.4, -0.2) is 18.2 Å². The topological polar surface area (TPSA) is 40.6 Å². The van der Waals surface area contributed by atoms with Crippen molar-refractivity contribution in [1.29, 1.82) is 0 Å². The van der Waals surface area contributed by atoms with Crippen LogP contribution in [-0.2, 0) is 15.6 Å². The Balaban J connectivity index is 1.37. The zero-order valence-corrected chi connectivity index (χ0v) is 20.7. The molecule has 202 valence electrons. The van der Waals surface area contributed by atoms with Gasteiger partial charge in [0.05, 0.1) is 23.4 Å². The smallest absolute Gasteiger partial charge is 0.429 e. The maximum atomic E-state index is 14.6. The number of ether oxygens (including phenoxy) is 3. The first-order chi connectivity index (χ1) is 18.5. The van der Waals surface area contributed by atoms with Gasteiger partial charge in [0, 0.05) is 29.2 Å². The molecule has 2 heterocycles. The van der Waals surface area contributed by atoms with Crippen molar-refractivity contribution in [2.24, 2.45) is 5.92 Å². The van der Waals surface area contributed by atoms with Crippen LogP contribution in [0.25, 0.3) is 10.2 Å². The third-order valence-corrected chi connectivity index (χ3v) is 6.53. The molecule has 39 heavy (non-hydrogen) atoms. The largest absolute Gasteiger partial charge is 0.432 e. The standard InChI is InChI=1S/C27H16F7NO3S/c1-13-11-36-26(37-12-13)15-3-4-21-22(8-15)39-23(35-21)5-2-14-6-17(28)24(18(29)7-14)27(33,34)38-16-9-19(30)25(32)20(31)10-16/h3-4,6-10,13,26H,11-12H2,1H3. The van der Waals surface area contributed by atoms with E-state index in [2.05, 4.69) is 21.6 Å². The molecule has 4 aromatic rings. The summed E-state index contributed by atoms with van der Waals surface area (Å²) < 4.78 is 114. The number of hydrogen-bond donors (Lipinski definition) is 0. The van der Waals surface area contributed by atoms with Crippen molar-refractivity contribution in [3.63, 3.8) is 0 Å². The maximum Gasteiger partial charge on any atom is 0.432 e. The summed E-state index contributed by atoms with van der Waals surface area (Å²) in [4.78, 5) is 4.34. The Morgan fingerprint density at radius 3 is 2.18 bits per heavy atom. The zero-order valence-electron chi connectivity index (χ0n) is 19.8. The summed E-state index contributed by atoms with van der Waals surface area (Å²) in [6.07, 6.45) is -5.19. The summed E-state index contributed by atoms with van der Waals surface area (Å²) in [5, 5.41) is 0.306. The first-order valence-corrected chi connectivity index (χ1v) is 12.2. The summed E-state index contributed by atoms with van der Waals surface area (Å²) in [6, 6.07) is 6.76. The molecule has 0 atom stereocenters. The summed E-state index contributed by atoms with van der Waals surface area (Å²) in [5.41, 5.74) is -0.671. The van der Waals surface area contributed by atoms with E-state index in [4.69, 9.17) is 9.47 Å². The summed E-state index contributed by atoms with van der Waals surface area (Å²) in [6.45, 7) is 3.14. The number of thiazole rings is 1. The molecule has 0 unspecified atom stereocenters. The number of rotatable bonds is 4. The van der Waals surface area contributed by atoms with Gasteiger partial charge in [0.25, 0.3) is 0 Å². The first kappa shape index (κ1) is 26.9. The molecule has 0 radical (unpaired) electrons. The third kappa shape index (κ3) is 5.71. The number of alkyl halides is 2. The van der Waals surface area contributed by atoms with E-state index in [1.165, 1.54) is 11.3 Å². The molecule has 0 spiro atoms. The fraction of sp³-hybridized carbons (Fsp3) is 0.222. The molecule has 0 aliphatic carbocycles. The Labute approximate surface area is 220 Å². The van der Waals surface area contributed by atoms with Crippen LogP contribution < -0.4 is 4.74 Å². The highest BCUT2D eigenvalue weighted by Crippen LogP contribution is 2.36. The Morgan fingerprint density at radius 1 is 0.897 bits per heavy atom. The van der Waals surface area contributed by atoms with Gasteiger partial charge < -0.3 is 14.2 Å². The Kier molecular flexibility index (Phi) is 7.24. The Bertz CT molecular complexity index is 1570. The van der Waals surface area contributed by atoms with Crippen LogP contribution in [0.1, 0.15) is 34.9 Å². The molecule has 5 rings (SSSR count).